The lowest BCUT2D eigenvalue weighted by atomic mass is 10.1. The maximum atomic E-state index is 3.50. The molecule has 0 spiro atoms. The SMILES string of the molecule is CN1CCNCC1CCc1cc(Br)cs1. The number of nitrogens with one attached hydrogen (secondary N) is 1. The van der Waals surface area contributed by atoms with Gasteiger partial charge in [-0.25, -0.2) is 0 Å². The molecule has 1 unspecified atom stereocenters. The summed E-state index contributed by atoms with van der Waals surface area (Å²) in [6, 6.07) is 2.95. The molecule has 1 fully saturated rings. The van der Waals surface area contributed by atoms with Crippen molar-refractivity contribution in [2.24, 2.45) is 0 Å². The van der Waals surface area contributed by atoms with E-state index in [1.165, 1.54) is 28.7 Å². The van der Waals surface area contributed by atoms with Crippen LogP contribution >= 0.6 is 27.3 Å². The fourth-order valence-corrected chi connectivity index (χ4v) is 3.45. The molecule has 1 aliphatic rings. The minimum Gasteiger partial charge on any atom is -0.314 e. The molecule has 2 heterocycles. The van der Waals surface area contributed by atoms with Gasteiger partial charge in [0.1, 0.15) is 0 Å². The third kappa shape index (κ3) is 3.28. The molecule has 1 aromatic heterocycles. The predicted molar refractivity (Wildman–Crippen MR) is 69.6 cm³/mol. The van der Waals surface area contributed by atoms with Gasteiger partial charge in [0.05, 0.1) is 0 Å². The maximum Gasteiger partial charge on any atom is 0.0285 e. The average molecular weight is 289 g/mol. The van der Waals surface area contributed by atoms with E-state index in [-0.39, 0.29) is 0 Å². The highest BCUT2D eigenvalue weighted by atomic mass is 79.9. The van der Waals surface area contributed by atoms with Crippen LogP contribution in [0.2, 0.25) is 0 Å². The first kappa shape index (κ1) is 11.6. The van der Waals surface area contributed by atoms with E-state index < -0.39 is 0 Å². The number of likely N-dealkylation sites (N-methyl/N-ethyl adjacent to an activating group) is 1. The highest BCUT2D eigenvalue weighted by Crippen LogP contribution is 2.22. The smallest absolute Gasteiger partial charge is 0.0285 e. The number of nitrogens with zero attached hydrogens (tertiary/aromatic N) is 1. The van der Waals surface area contributed by atoms with Crippen molar-refractivity contribution in [2.75, 3.05) is 26.7 Å². The van der Waals surface area contributed by atoms with Gasteiger partial charge in [-0.05, 0) is 41.9 Å². The van der Waals surface area contributed by atoms with Gasteiger partial charge in [-0.2, -0.15) is 0 Å². The van der Waals surface area contributed by atoms with E-state index in [0.717, 1.165) is 13.1 Å². The lowest BCUT2D eigenvalue weighted by Crippen LogP contribution is -2.49. The third-order valence-electron chi connectivity index (χ3n) is 2.99. The number of hydrogen-bond donors (Lipinski definition) is 1. The van der Waals surface area contributed by atoms with E-state index >= 15 is 0 Å². The molecule has 4 heteroatoms. The molecule has 1 N–H and O–H groups in total. The molecule has 1 aliphatic heterocycles. The second kappa shape index (κ2) is 5.43. The zero-order valence-corrected chi connectivity index (χ0v) is 11.4. The summed E-state index contributed by atoms with van der Waals surface area (Å²) in [6.07, 6.45) is 2.46. The van der Waals surface area contributed by atoms with Crippen molar-refractivity contribution in [3.63, 3.8) is 0 Å². The van der Waals surface area contributed by atoms with Crippen molar-refractivity contribution in [3.05, 3.63) is 20.8 Å². The van der Waals surface area contributed by atoms with Gasteiger partial charge in [0.2, 0.25) is 0 Å². The van der Waals surface area contributed by atoms with Crippen molar-refractivity contribution in [2.45, 2.75) is 18.9 Å². The summed E-state index contributed by atoms with van der Waals surface area (Å²) >= 11 is 5.35. The van der Waals surface area contributed by atoms with Crippen LogP contribution in [0.15, 0.2) is 15.9 Å². The van der Waals surface area contributed by atoms with Gasteiger partial charge in [0, 0.05) is 40.4 Å². The van der Waals surface area contributed by atoms with Crippen LogP contribution in [0.4, 0.5) is 0 Å². The molecule has 1 atom stereocenters. The number of thiophene rings is 1. The second-order valence-electron chi connectivity index (χ2n) is 4.11. The summed E-state index contributed by atoms with van der Waals surface area (Å²) in [5.41, 5.74) is 0. The van der Waals surface area contributed by atoms with Crippen LogP contribution in [0.3, 0.4) is 0 Å². The minimum atomic E-state index is 0.708. The van der Waals surface area contributed by atoms with E-state index in [1.807, 2.05) is 11.3 Å². The van der Waals surface area contributed by atoms with Crippen molar-refractivity contribution in [1.29, 1.82) is 0 Å². The molecule has 1 aromatic rings. The molecule has 0 amide bonds. The largest absolute Gasteiger partial charge is 0.314 e. The highest BCUT2D eigenvalue weighted by molar-refractivity contribution is 9.10. The molecule has 0 aliphatic carbocycles. The Bertz CT molecular complexity index is 313. The molecule has 1 saturated heterocycles. The normalized spacial score (nSPS) is 23.2. The molecular weight excluding hydrogens is 272 g/mol. The summed E-state index contributed by atoms with van der Waals surface area (Å²) in [6.45, 7) is 3.46. The number of aryl methyl sites for hydroxylation is 1. The monoisotopic (exact) mass is 288 g/mol. The molecule has 0 saturated carbocycles. The van der Waals surface area contributed by atoms with Gasteiger partial charge in [0.15, 0.2) is 0 Å². The van der Waals surface area contributed by atoms with Gasteiger partial charge in [-0.15, -0.1) is 11.3 Å². The standard InChI is InChI=1S/C11H17BrN2S/c1-14-5-4-13-7-10(14)2-3-11-6-9(12)8-15-11/h6,8,10,13H,2-5,7H2,1H3. The number of rotatable bonds is 3. The van der Waals surface area contributed by atoms with Gasteiger partial charge in [-0.1, -0.05) is 0 Å². The summed E-state index contributed by atoms with van der Waals surface area (Å²) in [4.78, 5) is 3.96. The van der Waals surface area contributed by atoms with Crippen LogP contribution < -0.4 is 5.32 Å². The first-order valence-electron chi connectivity index (χ1n) is 5.39. The molecule has 84 valence electrons. The van der Waals surface area contributed by atoms with Crippen LogP contribution in [0.1, 0.15) is 11.3 Å². The van der Waals surface area contributed by atoms with Crippen LogP contribution in [0.25, 0.3) is 0 Å². The Morgan fingerprint density at radius 1 is 1.67 bits per heavy atom. The zero-order valence-electron chi connectivity index (χ0n) is 9.00. The zero-order chi connectivity index (χ0) is 10.7. The molecule has 2 rings (SSSR count). The summed E-state index contributed by atoms with van der Waals surface area (Å²) in [5.74, 6) is 0. The molecule has 0 radical (unpaired) electrons. The van der Waals surface area contributed by atoms with Crippen molar-refractivity contribution < 1.29 is 0 Å². The predicted octanol–water partition coefficient (Wildman–Crippen LogP) is 2.35. The van der Waals surface area contributed by atoms with Gasteiger partial charge in [-0.3, -0.25) is 0 Å². The maximum absolute atomic E-state index is 3.50. The number of piperazine rings is 1. The van der Waals surface area contributed by atoms with Crippen molar-refractivity contribution in [3.8, 4) is 0 Å². The molecule has 0 bridgehead atoms. The fourth-order valence-electron chi connectivity index (χ4n) is 1.98. The lowest BCUT2D eigenvalue weighted by molar-refractivity contribution is 0.191. The van der Waals surface area contributed by atoms with E-state index in [1.54, 1.807) is 0 Å². The van der Waals surface area contributed by atoms with Crippen LogP contribution in [-0.2, 0) is 6.42 Å². The number of halogens is 1. The molecular formula is C11H17BrN2S. The van der Waals surface area contributed by atoms with E-state index in [2.05, 4.69) is 44.6 Å². The third-order valence-corrected chi connectivity index (χ3v) is 4.75. The Morgan fingerprint density at radius 2 is 2.53 bits per heavy atom. The van der Waals surface area contributed by atoms with Crippen LogP contribution in [0, 0.1) is 0 Å². The van der Waals surface area contributed by atoms with Crippen LogP contribution in [-0.4, -0.2) is 37.6 Å². The van der Waals surface area contributed by atoms with Crippen molar-refractivity contribution in [1.82, 2.24) is 10.2 Å². The summed E-state index contributed by atoms with van der Waals surface area (Å²) < 4.78 is 1.22. The van der Waals surface area contributed by atoms with E-state index in [4.69, 9.17) is 0 Å². The average Bonchev–Trinajstić information content (AvgIpc) is 2.63. The first-order valence-corrected chi connectivity index (χ1v) is 7.07. The van der Waals surface area contributed by atoms with E-state index in [9.17, 15) is 0 Å². The first-order chi connectivity index (χ1) is 7.25. The van der Waals surface area contributed by atoms with Gasteiger partial charge < -0.3 is 10.2 Å². The van der Waals surface area contributed by atoms with E-state index in [0.29, 0.717) is 6.04 Å². The second-order valence-corrected chi connectivity index (χ2v) is 6.02. The van der Waals surface area contributed by atoms with Gasteiger partial charge in [0.25, 0.3) is 0 Å². The quantitative estimate of drug-likeness (QED) is 0.919. The lowest BCUT2D eigenvalue weighted by Gasteiger charge is -2.33. The molecule has 0 aromatic carbocycles. The number of hydrogen-bond acceptors (Lipinski definition) is 3. The summed E-state index contributed by atoms with van der Waals surface area (Å²) in [5, 5.41) is 5.62. The van der Waals surface area contributed by atoms with Crippen molar-refractivity contribution >= 4 is 27.3 Å². The molecule has 2 nitrogen and oxygen atoms in total. The summed E-state index contributed by atoms with van der Waals surface area (Å²) in [7, 11) is 2.23. The topological polar surface area (TPSA) is 15.3 Å². The fraction of sp³-hybridized carbons (Fsp3) is 0.636. The minimum absolute atomic E-state index is 0.708. The van der Waals surface area contributed by atoms with Crippen LogP contribution in [0.5, 0.6) is 0 Å². The Balaban J connectivity index is 1.81. The Morgan fingerprint density at radius 3 is 3.20 bits per heavy atom. The highest BCUT2D eigenvalue weighted by Gasteiger charge is 2.18. The van der Waals surface area contributed by atoms with Gasteiger partial charge >= 0.3 is 0 Å². The Labute approximate surface area is 104 Å². The Kier molecular flexibility index (Phi) is 4.20. The Hall–Kier alpha value is 0.1000. The molecule has 15 heavy (non-hydrogen) atoms.